The minimum atomic E-state index is -0.182. The fourth-order valence-electron chi connectivity index (χ4n) is 5.31. The van der Waals surface area contributed by atoms with Crippen LogP contribution in [-0.4, -0.2) is 56.5 Å². The van der Waals surface area contributed by atoms with Crippen molar-refractivity contribution in [3.05, 3.63) is 30.0 Å². The van der Waals surface area contributed by atoms with Crippen molar-refractivity contribution >= 4 is 16.8 Å². The zero-order valence-electron chi connectivity index (χ0n) is 21.5. The lowest BCUT2D eigenvalue weighted by Crippen LogP contribution is -2.50. The number of hydrogen-bond acceptors (Lipinski definition) is 6. The number of para-hydroxylation sites is 1. The summed E-state index contributed by atoms with van der Waals surface area (Å²) in [6.45, 7) is 6.83. The number of amides is 1. The summed E-state index contributed by atoms with van der Waals surface area (Å²) in [6.07, 6.45) is 8.50. The molecule has 1 unspecified atom stereocenters. The maximum absolute atomic E-state index is 13.4. The Balaban J connectivity index is 1.61. The second-order valence-corrected chi connectivity index (χ2v) is 10.3. The first-order valence-corrected chi connectivity index (χ1v) is 13.3. The molecule has 1 amide bonds. The van der Waals surface area contributed by atoms with Gasteiger partial charge in [-0.05, 0) is 56.2 Å². The molecule has 1 aromatic heterocycles. The van der Waals surface area contributed by atoms with Crippen LogP contribution in [0.1, 0.15) is 69.3 Å². The van der Waals surface area contributed by atoms with Gasteiger partial charge in [-0.1, -0.05) is 39.2 Å². The Morgan fingerprint density at radius 2 is 1.91 bits per heavy atom. The highest BCUT2D eigenvalue weighted by molar-refractivity contribution is 5.98. The van der Waals surface area contributed by atoms with E-state index in [1.165, 1.54) is 32.1 Å². The average molecular weight is 484 g/mol. The summed E-state index contributed by atoms with van der Waals surface area (Å²) >= 11 is 0. The summed E-state index contributed by atoms with van der Waals surface area (Å²) in [7, 11) is 1.65. The normalized spacial score (nSPS) is 19.7. The number of carbonyl (C=O) groups is 1. The summed E-state index contributed by atoms with van der Waals surface area (Å²) in [5, 5.41) is 7.63. The van der Waals surface area contributed by atoms with Crippen LogP contribution >= 0.6 is 0 Å². The second kappa shape index (κ2) is 12.5. The molecule has 7 nitrogen and oxygen atoms in total. The monoisotopic (exact) mass is 483 g/mol. The molecule has 1 saturated carbocycles. The molecule has 0 bridgehead atoms. The van der Waals surface area contributed by atoms with E-state index in [0.29, 0.717) is 54.4 Å². The number of nitrogens with zero attached hydrogens (tertiary/aromatic N) is 1. The number of aromatic nitrogens is 1. The highest BCUT2D eigenvalue weighted by Crippen LogP contribution is 2.33. The number of fused-ring (bicyclic) bond motifs is 1. The third-order valence-corrected chi connectivity index (χ3v) is 7.29. The number of pyridine rings is 1. The Labute approximate surface area is 209 Å². The molecule has 0 radical (unpaired) electrons. The SMILES string of the molecule is COCCOc1cc(C(=O)N[C@@H](C(C)C)C2CCCN2)nc2c(OCC3CCCCC3)cccc12. The summed E-state index contributed by atoms with van der Waals surface area (Å²) in [4.78, 5) is 18.2. The predicted molar refractivity (Wildman–Crippen MR) is 138 cm³/mol. The van der Waals surface area contributed by atoms with Crippen molar-refractivity contribution in [1.82, 2.24) is 15.6 Å². The van der Waals surface area contributed by atoms with Gasteiger partial charge in [0.2, 0.25) is 0 Å². The van der Waals surface area contributed by atoms with Gasteiger partial charge in [-0.3, -0.25) is 4.79 Å². The average Bonchev–Trinajstić information content (AvgIpc) is 3.41. The fraction of sp³-hybridized carbons (Fsp3) is 0.643. The largest absolute Gasteiger partial charge is 0.491 e. The van der Waals surface area contributed by atoms with Gasteiger partial charge >= 0.3 is 0 Å². The van der Waals surface area contributed by atoms with Crippen molar-refractivity contribution in [2.45, 2.75) is 70.9 Å². The van der Waals surface area contributed by atoms with E-state index in [0.717, 1.165) is 24.8 Å². The first kappa shape index (κ1) is 25.7. The molecule has 4 rings (SSSR count). The minimum absolute atomic E-state index is 0.0400. The van der Waals surface area contributed by atoms with Crippen LogP contribution in [0.2, 0.25) is 0 Å². The van der Waals surface area contributed by atoms with Crippen LogP contribution in [0.3, 0.4) is 0 Å². The lowest BCUT2D eigenvalue weighted by molar-refractivity contribution is 0.0909. The van der Waals surface area contributed by atoms with Gasteiger partial charge < -0.3 is 24.8 Å². The maximum atomic E-state index is 13.4. The van der Waals surface area contributed by atoms with E-state index in [9.17, 15) is 4.79 Å². The zero-order valence-corrected chi connectivity index (χ0v) is 21.5. The topological polar surface area (TPSA) is 81.7 Å². The molecule has 1 aromatic carbocycles. The van der Waals surface area contributed by atoms with Gasteiger partial charge in [0.15, 0.2) is 0 Å². The number of ether oxygens (including phenoxy) is 3. The number of hydrogen-bond donors (Lipinski definition) is 2. The van der Waals surface area contributed by atoms with Crippen molar-refractivity contribution in [3.8, 4) is 11.5 Å². The van der Waals surface area contributed by atoms with Crippen molar-refractivity contribution in [2.24, 2.45) is 11.8 Å². The number of benzene rings is 1. The molecule has 2 aromatic rings. The molecule has 35 heavy (non-hydrogen) atoms. The van der Waals surface area contributed by atoms with Gasteiger partial charge in [-0.15, -0.1) is 0 Å². The molecule has 7 heteroatoms. The quantitative estimate of drug-likeness (QED) is 0.450. The van der Waals surface area contributed by atoms with E-state index in [4.69, 9.17) is 19.2 Å². The van der Waals surface area contributed by atoms with E-state index in [2.05, 4.69) is 24.5 Å². The predicted octanol–water partition coefficient (Wildman–Crippen LogP) is 4.73. The first-order valence-electron chi connectivity index (χ1n) is 13.3. The van der Waals surface area contributed by atoms with Crippen LogP contribution in [0.5, 0.6) is 11.5 Å². The second-order valence-electron chi connectivity index (χ2n) is 10.3. The molecule has 192 valence electrons. The third-order valence-electron chi connectivity index (χ3n) is 7.29. The Morgan fingerprint density at radius 3 is 2.63 bits per heavy atom. The number of nitrogens with one attached hydrogen (secondary N) is 2. The molecule has 2 heterocycles. The molecule has 1 saturated heterocycles. The molecular weight excluding hydrogens is 442 g/mol. The van der Waals surface area contributed by atoms with Crippen LogP contribution < -0.4 is 20.1 Å². The lowest BCUT2D eigenvalue weighted by Gasteiger charge is -2.28. The van der Waals surface area contributed by atoms with E-state index in [1.54, 1.807) is 13.2 Å². The molecule has 1 aliphatic carbocycles. The van der Waals surface area contributed by atoms with Gasteiger partial charge in [0.1, 0.15) is 29.3 Å². The Bertz CT molecular complexity index is 968. The van der Waals surface area contributed by atoms with Crippen LogP contribution in [0, 0.1) is 11.8 Å². The smallest absolute Gasteiger partial charge is 0.270 e. The Hall–Kier alpha value is -2.38. The summed E-state index contributed by atoms with van der Waals surface area (Å²) in [6, 6.07) is 7.95. The van der Waals surface area contributed by atoms with Crippen molar-refractivity contribution in [3.63, 3.8) is 0 Å². The van der Waals surface area contributed by atoms with E-state index >= 15 is 0 Å². The number of methoxy groups -OCH3 is 1. The lowest BCUT2D eigenvalue weighted by atomic mass is 9.90. The summed E-state index contributed by atoms with van der Waals surface area (Å²) < 4.78 is 17.5. The highest BCUT2D eigenvalue weighted by atomic mass is 16.5. The van der Waals surface area contributed by atoms with E-state index in [-0.39, 0.29) is 18.0 Å². The standard InChI is InChI=1S/C28H41N3O4/c1-19(2)26(22-12-8-14-29-22)31-28(32)23-17-25(34-16-15-33-3)21-11-7-13-24(27(21)30-23)35-18-20-9-5-4-6-10-20/h7,11,13,17,19-20,22,26,29H,4-6,8-10,12,14-16,18H2,1-3H3,(H,31,32)/t22?,26-/m0/s1. The number of rotatable bonds is 11. The van der Waals surface area contributed by atoms with Gasteiger partial charge in [0.05, 0.1) is 13.2 Å². The van der Waals surface area contributed by atoms with Crippen molar-refractivity contribution in [1.29, 1.82) is 0 Å². The Kier molecular flexibility index (Phi) is 9.21. The van der Waals surface area contributed by atoms with E-state index < -0.39 is 0 Å². The summed E-state index contributed by atoms with van der Waals surface area (Å²) in [5.74, 6) is 2.03. The Morgan fingerprint density at radius 1 is 1.09 bits per heavy atom. The van der Waals surface area contributed by atoms with Gasteiger partial charge in [-0.25, -0.2) is 4.98 Å². The first-order chi connectivity index (χ1) is 17.1. The molecular formula is C28H41N3O4. The molecule has 2 atom stereocenters. The maximum Gasteiger partial charge on any atom is 0.270 e. The molecule has 2 aliphatic rings. The molecule has 1 aliphatic heterocycles. The van der Waals surface area contributed by atoms with Gasteiger partial charge in [0, 0.05) is 30.6 Å². The van der Waals surface area contributed by atoms with Gasteiger partial charge in [-0.2, -0.15) is 0 Å². The van der Waals surface area contributed by atoms with E-state index in [1.807, 2.05) is 18.2 Å². The van der Waals surface area contributed by atoms with Gasteiger partial charge in [0.25, 0.3) is 5.91 Å². The third kappa shape index (κ3) is 6.64. The molecule has 2 fully saturated rings. The van der Waals surface area contributed by atoms with Crippen LogP contribution in [0.15, 0.2) is 24.3 Å². The van der Waals surface area contributed by atoms with Crippen LogP contribution in [0.4, 0.5) is 0 Å². The van der Waals surface area contributed by atoms with Crippen LogP contribution in [-0.2, 0) is 4.74 Å². The van der Waals surface area contributed by atoms with Crippen molar-refractivity contribution < 1.29 is 19.0 Å². The molecule has 2 N–H and O–H groups in total. The highest BCUT2D eigenvalue weighted by Gasteiger charge is 2.29. The zero-order chi connectivity index (χ0) is 24.6. The minimum Gasteiger partial charge on any atom is -0.491 e. The summed E-state index contributed by atoms with van der Waals surface area (Å²) in [5.41, 5.74) is 1.02. The molecule has 0 spiro atoms. The van der Waals surface area contributed by atoms with Crippen LogP contribution in [0.25, 0.3) is 10.9 Å². The number of carbonyl (C=O) groups excluding carboxylic acids is 1. The van der Waals surface area contributed by atoms with Crippen molar-refractivity contribution in [2.75, 3.05) is 33.5 Å². The fourth-order valence-corrected chi connectivity index (χ4v) is 5.31.